The number of hydrogen-bond donors (Lipinski definition) is 0. The Balaban J connectivity index is 1.73. The van der Waals surface area contributed by atoms with Crippen molar-refractivity contribution in [2.24, 2.45) is 0 Å². The zero-order valence-electron chi connectivity index (χ0n) is 11.0. The Bertz CT molecular complexity index is 598. The van der Waals surface area contributed by atoms with Gasteiger partial charge < -0.3 is 4.90 Å². The molecule has 1 unspecified atom stereocenters. The molecule has 2 aromatic rings. The zero-order valence-corrected chi connectivity index (χ0v) is 11.8. The smallest absolute Gasteiger partial charge is 0.228 e. The van der Waals surface area contributed by atoms with Gasteiger partial charge in [-0.1, -0.05) is 12.1 Å². The summed E-state index contributed by atoms with van der Waals surface area (Å²) in [6.45, 7) is 0.601. The molecule has 2 heterocycles. The van der Waals surface area contributed by atoms with E-state index in [9.17, 15) is 4.79 Å². The minimum absolute atomic E-state index is 0.0704. The second-order valence-electron chi connectivity index (χ2n) is 5.00. The predicted octanol–water partition coefficient (Wildman–Crippen LogP) is 3.02. The van der Waals surface area contributed by atoms with Gasteiger partial charge in [0.1, 0.15) is 0 Å². The molecular weight excluding hydrogens is 272 g/mol. The van der Waals surface area contributed by atoms with E-state index in [1.807, 2.05) is 24.3 Å². The average molecular weight is 287 g/mol. The maximum Gasteiger partial charge on any atom is 0.228 e. The molecule has 4 heteroatoms. The number of amides is 1. The van der Waals surface area contributed by atoms with Crippen LogP contribution in [0.5, 0.6) is 0 Å². The molecule has 0 aliphatic carbocycles. The van der Waals surface area contributed by atoms with Crippen LogP contribution in [0.2, 0.25) is 0 Å². The number of halogens is 1. The van der Waals surface area contributed by atoms with Crippen molar-refractivity contribution in [3.63, 3.8) is 0 Å². The highest BCUT2D eigenvalue weighted by Gasteiger charge is 2.28. The third kappa shape index (κ3) is 2.83. The summed E-state index contributed by atoms with van der Waals surface area (Å²) in [6.07, 6.45) is 4.90. The van der Waals surface area contributed by atoms with Crippen LogP contribution >= 0.6 is 11.6 Å². The van der Waals surface area contributed by atoms with Crippen molar-refractivity contribution in [3.8, 4) is 0 Å². The molecule has 1 amide bonds. The Morgan fingerprint density at radius 2 is 1.75 bits per heavy atom. The summed E-state index contributed by atoms with van der Waals surface area (Å²) in [6, 6.07) is 12.1. The lowest BCUT2D eigenvalue weighted by Crippen LogP contribution is -2.24. The second-order valence-corrected chi connectivity index (χ2v) is 5.62. The highest BCUT2D eigenvalue weighted by molar-refractivity contribution is 6.24. The number of aromatic nitrogens is 1. The molecule has 1 aliphatic rings. The number of anilines is 1. The van der Waals surface area contributed by atoms with Gasteiger partial charge in [0.25, 0.3) is 0 Å². The van der Waals surface area contributed by atoms with Gasteiger partial charge in [-0.2, -0.15) is 0 Å². The molecule has 0 radical (unpaired) electrons. The fourth-order valence-corrected chi connectivity index (χ4v) is 2.71. The summed E-state index contributed by atoms with van der Waals surface area (Å²) in [5.41, 5.74) is 3.37. The van der Waals surface area contributed by atoms with Crippen molar-refractivity contribution in [3.05, 3.63) is 59.9 Å². The molecule has 20 heavy (non-hydrogen) atoms. The van der Waals surface area contributed by atoms with Crippen LogP contribution in [0.25, 0.3) is 0 Å². The van der Waals surface area contributed by atoms with E-state index in [0.717, 1.165) is 12.1 Å². The SMILES string of the molecule is O=C1CC(Cl)CN1c1ccc(Cc2ccncc2)cc1. The van der Waals surface area contributed by atoms with Crippen molar-refractivity contribution >= 4 is 23.2 Å². The first-order chi connectivity index (χ1) is 9.72. The van der Waals surface area contributed by atoms with E-state index in [-0.39, 0.29) is 11.3 Å². The molecule has 0 spiro atoms. The van der Waals surface area contributed by atoms with Gasteiger partial charge in [0, 0.05) is 31.0 Å². The number of alkyl halides is 1. The Morgan fingerprint density at radius 1 is 1.10 bits per heavy atom. The Labute approximate surface area is 123 Å². The Hall–Kier alpha value is -1.87. The summed E-state index contributed by atoms with van der Waals surface area (Å²) in [5.74, 6) is 0.104. The van der Waals surface area contributed by atoms with E-state index in [1.54, 1.807) is 17.3 Å². The monoisotopic (exact) mass is 286 g/mol. The van der Waals surface area contributed by atoms with Crippen LogP contribution < -0.4 is 4.90 Å². The van der Waals surface area contributed by atoms with E-state index in [2.05, 4.69) is 17.1 Å². The van der Waals surface area contributed by atoms with Crippen LogP contribution in [0, 0.1) is 0 Å². The maximum atomic E-state index is 11.8. The van der Waals surface area contributed by atoms with Gasteiger partial charge in [0.2, 0.25) is 5.91 Å². The van der Waals surface area contributed by atoms with E-state index in [1.165, 1.54) is 11.1 Å². The van der Waals surface area contributed by atoms with Crippen LogP contribution in [0.1, 0.15) is 17.5 Å². The number of rotatable bonds is 3. The molecule has 3 nitrogen and oxygen atoms in total. The minimum Gasteiger partial charge on any atom is -0.311 e. The first-order valence-electron chi connectivity index (χ1n) is 6.64. The average Bonchev–Trinajstić information content (AvgIpc) is 2.80. The molecule has 0 saturated carbocycles. The fourth-order valence-electron chi connectivity index (χ4n) is 2.44. The highest BCUT2D eigenvalue weighted by Crippen LogP contribution is 2.24. The summed E-state index contributed by atoms with van der Waals surface area (Å²) >= 11 is 6.02. The Morgan fingerprint density at radius 3 is 2.35 bits per heavy atom. The Kier molecular flexibility index (Phi) is 3.70. The number of carbonyl (C=O) groups is 1. The first-order valence-corrected chi connectivity index (χ1v) is 7.08. The maximum absolute atomic E-state index is 11.8. The van der Waals surface area contributed by atoms with Gasteiger partial charge in [-0.05, 0) is 41.8 Å². The molecule has 0 bridgehead atoms. The highest BCUT2D eigenvalue weighted by atomic mass is 35.5. The number of carbonyl (C=O) groups excluding carboxylic acids is 1. The van der Waals surface area contributed by atoms with E-state index in [0.29, 0.717) is 13.0 Å². The molecule has 1 saturated heterocycles. The van der Waals surface area contributed by atoms with Gasteiger partial charge in [-0.15, -0.1) is 11.6 Å². The summed E-state index contributed by atoms with van der Waals surface area (Å²) in [4.78, 5) is 17.6. The molecule has 0 N–H and O–H groups in total. The normalized spacial score (nSPS) is 18.6. The molecule has 1 atom stereocenters. The van der Waals surface area contributed by atoms with Crippen molar-refractivity contribution < 1.29 is 4.79 Å². The zero-order chi connectivity index (χ0) is 13.9. The van der Waals surface area contributed by atoms with E-state index in [4.69, 9.17) is 11.6 Å². The lowest BCUT2D eigenvalue weighted by atomic mass is 10.1. The molecule has 3 rings (SSSR count). The van der Waals surface area contributed by atoms with Crippen LogP contribution in [0.4, 0.5) is 5.69 Å². The number of nitrogens with zero attached hydrogens (tertiary/aromatic N) is 2. The second kappa shape index (κ2) is 5.63. The quantitative estimate of drug-likeness (QED) is 0.813. The van der Waals surface area contributed by atoms with Crippen LogP contribution in [0.3, 0.4) is 0 Å². The molecule has 102 valence electrons. The third-order valence-corrected chi connectivity index (χ3v) is 3.78. The van der Waals surface area contributed by atoms with Gasteiger partial charge in [-0.25, -0.2) is 0 Å². The van der Waals surface area contributed by atoms with Gasteiger partial charge in [-0.3, -0.25) is 9.78 Å². The molecular formula is C16H15ClN2O. The van der Waals surface area contributed by atoms with Gasteiger partial charge in [0.05, 0.1) is 5.38 Å². The van der Waals surface area contributed by atoms with Crippen molar-refractivity contribution in [2.75, 3.05) is 11.4 Å². The number of pyridine rings is 1. The predicted molar refractivity (Wildman–Crippen MR) is 80.1 cm³/mol. The largest absolute Gasteiger partial charge is 0.311 e. The van der Waals surface area contributed by atoms with E-state index >= 15 is 0 Å². The number of hydrogen-bond acceptors (Lipinski definition) is 2. The van der Waals surface area contributed by atoms with Crippen molar-refractivity contribution in [2.45, 2.75) is 18.2 Å². The van der Waals surface area contributed by atoms with E-state index < -0.39 is 0 Å². The lowest BCUT2D eigenvalue weighted by molar-refractivity contribution is -0.117. The van der Waals surface area contributed by atoms with Crippen LogP contribution in [-0.4, -0.2) is 22.8 Å². The third-order valence-electron chi connectivity index (χ3n) is 3.48. The van der Waals surface area contributed by atoms with Crippen LogP contribution in [-0.2, 0) is 11.2 Å². The summed E-state index contributed by atoms with van der Waals surface area (Å²) in [5, 5.41) is -0.0704. The summed E-state index contributed by atoms with van der Waals surface area (Å²) < 4.78 is 0. The van der Waals surface area contributed by atoms with Crippen molar-refractivity contribution in [1.82, 2.24) is 4.98 Å². The topological polar surface area (TPSA) is 33.2 Å². The standard InChI is InChI=1S/C16H15ClN2O/c17-14-10-16(20)19(11-14)15-3-1-12(2-4-15)9-13-5-7-18-8-6-13/h1-8,14H,9-11H2. The number of benzene rings is 1. The first kappa shape index (κ1) is 13.1. The minimum atomic E-state index is -0.0704. The lowest BCUT2D eigenvalue weighted by Gasteiger charge is -2.16. The molecule has 1 fully saturated rings. The molecule has 1 aromatic heterocycles. The molecule has 1 aromatic carbocycles. The van der Waals surface area contributed by atoms with Gasteiger partial charge in [0.15, 0.2) is 0 Å². The fraction of sp³-hybridized carbons (Fsp3) is 0.250. The van der Waals surface area contributed by atoms with Crippen LogP contribution in [0.15, 0.2) is 48.8 Å². The van der Waals surface area contributed by atoms with Crippen molar-refractivity contribution in [1.29, 1.82) is 0 Å². The summed E-state index contributed by atoms with van der Waals surface area (Å²) in [7, 11) is 0. The van der Waals surface area contributed by atoms with Gasteiger partial charge >= 0.3 is 0 Å². The molecule has 1 aliphatic heterocycles.